The second-order valence-electron chi connectivity index (χ2n) is 11.1. The smallest absolute Gasteiger partial charge is 0.413 e. The van der Waals surface area contributed by atoms with E-state index in [1.54, 1.807) is 97.1 Å². The molecule has 0 fully saturated rings. The van der Waals surface area contributed by atoms with Crippen molar-refractivity contribution in [1.82, 2.24) is 0 Å². The number of aliphatic hydroxyl groups is 2. The summed E-state index contributed by atoms with van der Waals surface area (Å²) in [6.45, 7) is -0.702. The van der Waals surface area contributed by atoms with Gasteiger partial charge in [0.05, 0.1) is 13.2 Å². The molecule has 0 saturated carbocycles. The lowest BCUT2D eigenvalue weighted by atomic mass is 10.2. The highest BCUT2D eigenvalue weighted by atomic mass is 31.3. The topological polar surface area (TPSA) is 133 Å². The molecule has 0 radical (unpaired) electrons. The third-order valence-corrected chi connectivity index (χ3v) is 15.4. The normalized spacial score (nSPS) is 15.0. The minimum absolute atomic E-state index is 0.240. The van der Waals surface area contributed by atoms with Crippen LogP contribution in [0.5, 0.6) is 34.5 Å². The molecule has 6 aromatic carbocycles. The van der Waals surface area contributed by atoms with E-state index in [0.29, 0.717) is 34.1 Å². The Kier molecular flexibility index (Phi) is 10.8. The van der Waals surface area contributed by atoms with Gasteiger partial charge in [0.2, 0.25) is 0 Å². The Morgan fingerprint density at radius 2 is 0.577 bits per heavy atom. The zero-order chi connectivity index (χ0) is 35.7. The van der Waals surface area contributed by atoms with Crippen molar-refractivity contribution in [3.8, 4) is 34.5 Å². The fourth-order valence-electron chi connectivity index (χ4n) is 4.94. The van der Waals surface area contributed by atoms with Gasteiger partial charge in [-0.25, -0.2) is 0 Å². The average Bonchev–Trinajstić information content (AvgIpc) is 3.16. The van der Waals surface area contributed by atoms with Gasteiger partial charge in [0.25, 0.3) is 0 Å². The van der Waals surface area contributed by atoms with Gasteiger partial charge >= 0.3 is 23.0 Å². The van der Waals surface area contributed by atoms with E-state index < -0.39 is 23.0 Å². The van der Waals surface area contributed by atoms with E-state index in [9.17, 15) is 10.2 Å². The predicted octanol–water partition coefficient (Wildman–Crippen LogP) is 11.3. The summed E-state index contributed by atoms with van der Waals surface area (Å²) >= 11 is 0. The van der Waals surface area contributed by atoms with E-state index in [-0.39, 0.29) is 24.7 Å². The van der Waals surface area contributed by atoms with Crippen LogP contribution < -0.4 is 27.1 Å². The summed E-state index contributed by atoms with van der Waals surface area (Å²) < 4.78 is 56.1. The number of nitrogens with zero attached hydrogens (tertiary/aromatic N) is 3. The Labute approximate surface area is 301 Å². The lowest BCUT2D eigenvalue weighted by Gasteiger charge is -2.33. The van der Waals surface area contributed by atoms with Crippen molar-refractivity contribution in [3.63, 3.8) is 0 Å². The predicted molar refractivity (Wildman–Crippen MR) is 202 cm³/mol. The average molecular weight is 754 g/mol. The molecule has 0 amide bonds. The molecule has 0 atom stereocenters. The van der Waals surface area contributed by atoms with Crippen LogP contribution in [0.4, 0.5) is 0 Å². The summed E-state index contributed by atoms with van der Waals surface area (Å²) in [6.07, 6.45) is 0. The number of para-hydroxylation sites is 6. The lowest BCUT2D eigenvalue weighted by Crippen LogP contribution is -2.12. The Morgan fingerprint density at radius 1 is 0.327 bits per heavy atom. The summed E-state index contributed by atoms with van der Waals surface area (Å²) in [5.41, 5.74) is 0.894. The van der Waals surface area contributed by atoms with Crippen LogP contribution in [-0.4, -0.2) is 10.2 Å². The molecule has 0 spiro atoms. The molecule has 0 bridgehead atoms. The summed E-state index contributed by atoms with van der Waals surface area (Å²) in [4.78, 5) is 0. The fraction of sp³-hybridized carbons (Fsp3) is 0.0526. The second-order valence-corrected chi connectivity index (χ2v) is 17.3. The highest BCUT2D eigenvalue weighted by molar-refractivity contribution is 7.79. The van der Waals surface area contributed by atoms with Crippen LogP contribution in [0.3, 0.4) is 0 Å². The molecule has 2 N–H and O–H groups in total. The molecule has 1 aliphatic rings. The van der Waals surface area contributed by atoms with Gasteiger partial charge in [-0.3, -0.25) is 0 Å². The van der Waals surface area contributed by atoms with Crippen LogP contribution >= 0.6 is 23.0 Å². The molecule has 264 valence electrons. The third-order valence-electron chi connectivity index (χ3n) is 7.27. The molecule has 0 saturated heterocycles. The number of rotatable bonds is 14. The van der Waals surface area contributed by atoms with Crippen molar-refractivity contribution < 1.29 is 37.4 Å². The van der Waals surface area contributed by atoms with Crippen molar-refractivity contribution in [2.45, 2.75) is 13.2 Å². The summed E-state index contributed by atoms with van der Waals surface area (Å²) in [5.74, 6) is 2.05. The number of hydrogen-bond donors (Lipinski definition) is 2. The maximum absolute atomic E-state index is 10.4. The van der Waals surface area contributed by atoms with E-state index in [4.69, 9.17) is 40.7 Å². The highest BCUT2D eigenvalue weighted by Crippen LogP contribution is 2.78. The van der Waals surface area contributed by atoms with Gasteiger partial charge in [0.1, 0.15) is 34.5 Å². The zero-order valence-corrected chi connectivity index (χ0v) is 30.3. The van der Waals surface area contributed by atoms with E-state index in [2.05, 4.69) is 0 Å². The van der Waals surface area contributed by atoms with E-state index in [0.717, 1.165) is 0 Å². The molecule has 6 aromatic rings. The number of benzene rings is 6. The van der Waals surface area contributed by atoms with Gasteiger partial charge in [0, 0.05) is 11.1 Å². The molecule has 52 heavy (non-hydrogen) atoms. The van der Waals surface area contributed by atoms with Crippen LogP contribution in [0.25, 0.3) is 0 Å². The Balaban J connectivity index is 1.59. The molecule has 0 aromatic heterocycles. The van der Waals surface area contributed by atoms with Crippen molar-refractivity contribution in [1.29, 1.82) is 0 Å². The first-order valence-corrected chi connectivity index (χ1v) is 20.7. The van der Waals surface area contributed by atoms with E-state index in [1.807, 2.05) is 72.8 Å². The van der Waals surface area contributed by atoms with Crippen LogP contribution in [0.2, 0.25) is 0 Å². The van der Waals surface area contributed by atoms with Crippen molar-refractivity contribution in [2.24, 2.45) is 13.5 Å². The summed E-state index contributed by atoms with van der Waals surface area (Å²) in [5, 5.41) is 20.8. The van der Waals surface area contributed by atoms with Gasteiger partial charge in [-0.05, 0) is 60.7 Å². The quantitative estimate of drug-likeness (QED) is 0.105. The van der Waals surface area contributed by atoms with Crippen LogP contribution in [0.1, 0.15) is 11.1 Å². The van der Waals surface area contributed by atoms with Crippen LogP contribution in [0.15, 0.2) is 183 Å². The van der Waals surface area contributed by atoms with Gasteiger partial charge in [-0.1, -0.05) is 123 Å². The monoisotopic (exact) mass is 753 g/mol. The van der Waals surface area contributed by atoms with Crippen molar-refractivity contribution in [2.75, 3.05) is 0 Å². The molecule has 7 rings (SSSR count). The molecular formula is C38H34N3O8P3. The molecule has 1 heterocycles. The van der Waals surface area contributed by atoms with Gasteiger partial charge in [-0.2, -0.15) is 0 Å². The van der Waals surface area contributed by atoms with Gasteiger partial charge in [0.15, 0.2) is 0 Å². The lowest BCUT2D eigenvalue weighted by molar-refractivity contribution is 0.276. The minimum Gasteiger partial charge on any atom is -0.413 e. The third kappa shape index (κ3) is 8.43. The van der Waals surface area contributed by atoms with Gasteiger partial charge in [-0.15, -0.1) is 0 Å². The first-order chi connectivity index (χ1) is 25.5. The SMILES string of the molecule is OCc1ccccc1OP1(Oc2ccccc2CO)=NP(Oc2ccccc2)(Oc2ccccc2)=NP(Oc2ccccc2)(Oc2ccccc2)=N1. The molecule has 0 unspecified atom stereocenters. The summed E-state index contributed by atoms with van der Waals surface area (Å²) in [7, 11) is -12.3. The van der Waals surface area contributed by atoms with Crippen molar-refractivity contribution in [3.05, 3.63) is 181 Å². The first-order valence-electron chi connectivity index (χ1n) is 16.2. The molecule has 1 aliphatic heterocycles. The van der Waals surface area contributed by atoms with Crippen LogP contribution in [-0.2, 0) is 13.2 Å². The largest absolute Gasteiger partial charge is 0.460 e. The molecular weight excluding hydrogens is 719 g/mol. The highest BCUT2D eigenvalue weighted by Gasteiger charge is 2.49. The van der Waals surface area contributed by atoms with E-state index in [1.165, 1.54) is 0 Å². The first kappa shape index (κ1) is 35.1. The van der Waals surface area contributed by atoms with Gasteiger partial charge < -0.3 is 37.4 Å². The number of aliphatic hydroxyl groups excluding tert-OH is 2. The van der Waals surface area contributed by atoms with Crippen molar-refractivity contribution >= 4 is 23.0 Å². The number of hydrogen-bond acceptors (Lipinski definition) is 11. The molecule has 14 heteroatoms. The maximum Gasteiger partial charge on any atom is 0.460 e. The summed E-state index contributed by atoms with van der Waals surface area (Å²) in [6, 6.07) is 49.9. The fourth-order valence-corrected chi connectivity index (χ4v) is 14.1. The Morgan fingerprint density at radius 3 is 0.865 bits per heavy atom. The minimum atomic E-state index is -4.17. The Bertz CT molecular complexity index is 2050. The van der Waals surface area contributed by atoms with Crippen LogP contribution in [0, 0.1) is 0 Å². The molecule has 11 nitrogen and oxygen atoms in total. The second kappa shape index (κ2) is 16.0. The standard InChI is InChI=1S/C38H34N3O8P3/c42-29-31-17-13-15-27-37(31)48-52(49-38-28-16-14-18-32(38)30-43)40-50(44-33-19-5-1-6-20-33,45-34-21-7-2-8-22-34)39-51(41-52,46-35-23-9-3-10-24-35)47-36-25-11-4-12-26-36/h1-28,42-43H,29-30H2. The molecule has 0 aliphatic carbocycles. The zero-order valence-electron chi connectivity index (χ0n) is 27.6. The maximum atomic E-state index is 10.4. The van der Waals surface area contributed by atoms with E-state index >= 15 is 0 Å². The Hall–Kier alpha value is -5.27.